The van der Waals surface area contributed by atoms with E-state index in [2.05, 4.69) is 21.2 Å². The van der Waals surface area contributed by atoms with Gasteiger partial charge >= 0.3 is 0 Å². The van der Waals surface area contributed by atoms with Crippen LogP contribution in [-0.4, -0.2) is 21.5 Å². The van der Waals surface area contributed by atoms with Crippen molar-refractivity contribution in [3.8, 4) is 0 Å². The Kier molecular flexibility index (Phi) is 6.17. The van der Waals surface area contributed by atoms with Crippen LogP contribution in [-0.2, 0) is 4.79 Å². The van der Waals surface area contributed by atoms with Gasteiger partial charge in [-0.15, -0.1) is 11.6 Å². The number of carbonyl (C=O) groups excluding carboxylic acids is 2. The second kappa shape index (κ2) is 6.84. The first-order valence-corrected chi connectivity index (χ1v) is 7.84. The molecule has 1 N–H and O–H groups in total. The molecule has 110 valence electrons. The van der Waals surface area contributed by atoms with Crippen LogP contribution in [0, 0.1) is 0 Å². The minimum atomic E-state index is -1.15. The molecule has 0 bridgehead atoms. The summed E-state index contributed by atoms with van der Waals surface area (Å²) >= 11 is 26.1. The largest absolute Gasteiger partial charge is 0.340 e. The van der Waals surface area contributed by atoms with Crippen molar-refractivity contribution in [3.05, 3.63) is 32.8 Å². The van der Waals surface area contributed by atoms with Crippen LogP contribution in [0.2, 0.25) is 15.1 Å². The number of Topliss-reactive ketones (excluding diaryl/α,β-unsaturated/α-hetero) is 1. The highest BCUT2D eigenvalue weighted by Gasteiger charge is 2.33. The van der Waals surface area contributed by atoms with Crippen LogP contribution in [0.15, 0.2) is 12.1 Å². The molecule has 0 saturated heterocycles. The summed E-state index contributed by atoms with van der Waals surface area (Å²) in [4.78, 5) is 24.0. The Bertz CT molecular complexity index is 537. The molecule has 8 heteroatoms. The zero-order valence-corrected chi connectivity index (χ0v) is 15.0. The first kappa shape index (κ1) is 18.1. The van der Waals surface area contributed by atoms with E-state index in [0.29, 0.717) is 0 Å². The van der Waals surface area contributed by atoms with Crippen LogP contribution in [0.4, 0.5) is 0 Å². The zero-order valence-electron chi connectivity index (χ0n) is 10.4. The summed E-state index contributed by atoms with van der Waals surface area (Å²) < 4.78 is -0.893. The summed E-state index contributed by atoms with van der Waals surface area (Å²) in [5.41, 5.74) is -0.947. The second-order valence-electron chi connectivity index (χ2n) is 4.50. The maximum Gasteiger partial charge on any atom is 0.252 e. The first-order valence-electron chi connectivity index (χ1n) is 5.36. The third kappa shape index (κ3) is 4.25. The SMILES string of the molecule is CC(C)(NC(=O)c1cc(Cl)c(Cl)c(Cl)c1)C(=O)C(Cl)Br. The third-order valence-corrected chi connectivity index (χ3v) is 4.30. The van der Waals surface area contributed by atoms with Gasteiger partial charge in [0.2, 0.25) is 0 Å². The maximum atomic E-state index is 12.1. The highest BCUT2D eigenvalue weighted by atomic mass is 79.9. The van der Waals surface area contributed by atoms with E-state index >= 15 is 0 Å². The van der Waals surface area contributed by atoms with Crippen molar-refractivity contribution in [2.45, 2.75) is 23.7 Å². The predicted molar refractivity (Wildman–Crippen MR) is 86.6 cm³/mol. The lowest BCUT2D eigenvalue weighted by molar-refractivity contribution is -0.122. The van der Waals surface area contributed by atoms with Crippen molar-refractivity contribution in [3.63, 3.8) is 0 Å². The number of hydrogen-bond donors (Lipinski definition) is 1. The minimum absolute atomic E-state index is 0.157. The van der Waals surface area contributed by atoms with Crippen LogP contribution < -0.4 is 5.32 Å². The van der Waals surface area contributed by atoms with Crippen molar-refractivity contribution in [1.29, 1.82) is 0 Å². The lowest BCUT2D eigenvalue weighted by atomic mass is 9.99. The van der Waals surface area contributed by atoms with Gasteiger partial charge < -0.3 is 5.32 Å². The van der Waals surface area contributed by atoms with E-state index in [1.165, 1.54) is 12.1 Å². The number of alkyl halides is 2. The number of halogens is 5. The summed E-state index contributed by atoms with van der Waals surface area (Å²) in [6.07, 6.45) is 0. The van der Waals surface area contributed by atoms with Gasteiger partial charge in [-0.2, -0.15) is 0 Å². The Hall–Kier alpha value is -0.0000000000000000555. The number of rotatable bonds is 4. The molecule has 0 aromatic heterocycles. The molecule has 0 heterocycles. The Labute approximate surface area is 145 Å². The summed E-state index contributed by atoms with van der Waals surface area (Å²) in [5.74, 6) is -0.882. The number of nitrogens with one attached hydrogen (secondary N) is 1. The van der Waals surface area contributed by atoms with Crippen LogP contribution in [0.25, 0.3) is 0 Å². The molecule has 0 radical (unpaired) electrons. The van der Waals surface area contributed by atoms with Crippen molar-refractivity contribution < 1.29 is 9.59 Å². The molecule has 1 aromatic carbocycles. The van der Waals surface area contributed by atoms with Crippen LogP contribution in [0.3, 0.4) is 0 Å². The van der Waals surface area contributed by atoms with Gasteiger partial charge in [-0.05, 0) is 26.0 Å². The molecule has 1 rings (SSSR count). The summed E-state index contributed by atoms with van der Waals surface area (Å²) in [7, 11) is 0. The molecule has 1 unspecified atom stereocenters. The Morgan fingerprint density at radius 3 is 2.05 bits per heavy atom. The van der Waals surface area contributed by atoms with Gasteiger partial charge in [0.15, 0.2) is 5.78 Å². The molecule has 20 heavy (non-hydrogen) atoms. The Morgan fingerprint density at radius 2 is 1.65 bits per heavy atom. The van der Waals surface area contributed by atoms with Gasteiger partial charge in [-0.1, -0.05) is 50.7 Å². The monoisotopic (exact) mass is 419 g/mol. The smallest absolute Gasteiger partial charge is 0.252 e. The summed E-state index contributed by atoms with van der Waals surface area (Å²) in [6.45, 7) is 3.09. The normalized spacial score (nSPS) is 12.9. The van der Waals surface area contributed by atoms with Gasteiger partial charge in [0.25, 0.3) is 5.91 Å². The van der Waals surface area contributed by atoms with Crippen molar-refractivity contribution in [1.82, 2.24) is 5.32 Å². The molecule has 1 atom stereocenters. The number of carbonyl (C=O) groups is 2. The zero-order chi connectivity index (χ0) is 15.7. The highest BCUT2D eigenvalue weighted by molar-refractivity contribution is 9.10. The van der Waals surface area contributed by atoms with Crippen LogP contribution in [0.5, 0.6) is 0 Å². The molecule has 0 saturated carbocycles. The van der Waals surface area contributed by atoms with E-state index < -0.39 is 15.7 Å². The second-order valence-corrected chi connectivity index (χ2v) is 7.57. The van der Waals surface area contributed by atoms with Gasteiger partial charge in [0.05, 0.1) is 20.6 Å². The molecule has 0 aliphatic rings. The molecule has 1 aromatic rings. The standard InChI is InChI=1S/C12H10BrCl4NO2/c1-12(2,9(19)10(13)17)18-11(20)5-3-6(14)8(16)7(15)4-5/h3-4,10H,1-2H3,(H,18,20). The molecule has 3 nitrogen and oxygen atoms in total. The summed E-state index contributed by atoms with van der Waals surface area (Å²) in [6, 6.07) is 2.75. The maximum absolute atomic E-state index is 12.1. The van der Waals surface area contributed by atoms with E-state index in [9.17, 15) is 9.59 Å². The predicted octanol–water partition coefficient (Wildman–Crippen LogP) is 4.68. The lowest BCUT2D eigenvalue weighted by Gasteiger charge is -2.25. The number of amides is 1. The molecule has 0 aliphatic heterocycles. The molecular formula is C12H10BrCl4NO2. The van der Waals surface area contributed by atoms with Crippen LogP contribution in [0.1, 0.15) is 24.2 Å². The molecule has 1 amide bonds. The number of benzene rings is 1. The fourth-order valence-corrected chi connectivity index (χ4v) is 2.82. The Balaban J connectivity index is 3.00. The average molecular weight is 422 g/mol. The molecule has 0 aliphatic carbocycles. The van der Waals surface area contributed by atoms with Gasteiger partial charge in [-0.25, -0.2) is 0 Å². The summed E-state index contributed by atoms with van der Waals surface area (Å²) in [5, 5.41) is 3.05. The van der Waals surface area contributed by atoms with Crippen molar-refractivity contribution in [2.24, 2.45) is 0 Å². The van der Waals surface area contributed by atoms with E-state index in [4.69, 9.17) is 46.4 Å². The number of ketones is 1. The van der Waals surface area contributed by atoms with Gasteiger partial charge in [0.1, 0.15) is 4.29 Å². The van der Waals surface area contributed by atoms with Gasteiger partial charge in [0, 0.05) is 5.56 Å². The van der Waals surface area contributed by atoms with E-state index in [0.717, 1.165) is 0 Å². The Morgan fingerprint density at radius 1 is 1.20 bits per heavy atom. The molecule has 0 spiro atoms. The van der Waals surface area contributed by atoms with Crippen LogP contribution >= 0.6 is 62.3 Å². The lowest BCUT2D eigenvalue weighted by Crippen LogP contribution is -2.51. The van der Waals surface area contributed by atoms with Crippen molar-refractivity contribution in [2.75, 3.05) is 0 Å². The molecule has 0 fully saturated rings. The average Bonchev–Trinajstić information content (AvgIpc) is 2.33. The molecular weight excluding hydrogens is 412 g/mol. The highest BCUT2D eigenvalue weighted by Crippen LogP contribution is 2.31. The van der Waals surface area contributed by atoms with Gasteiger partial charge in [-0.3, -0.25) is 9.59 Å². The van der Waals surface area contributed by atoms with E-state index in [1.54, 1.807) is 13.8 Å². The fourth-order valence-electron chi connectivity index (χ4n) is 1.38. The third-order valence-electron chi connectivity index (χ3n) is 2.49. The fraction of sp³-hybridized carbons (Fsp3) is 0.333. The topological polar surface area (TPSA) is 46.2 Å². The first-order chi connectivity index (χ1) is 9.06. The quantitative estimate of drug-likeness (QED) is 0.566. The van der Waals surface area contributed by atoms with E-state index in [1.807, 2.05) is 0 Å². The van der Waals surface area contributed by atoms with E-state index in [-0.39, 0.29) is 26.4 Å². The number of hydrogen-bond acceptors (Lipinski definition) is 2. The van der Waals surface area contributed by atoms with Crippen molar-refractivity contribution >= 4 is 74.0 Å². The minimum Gasteiger partial charge on any atom is -0.340 e.